The zero-order valence-electron chi connectivity index (χ0n) is 11.7. The summed E-state index contributed by atoms with van der Waals surface area (Å²) < 4.78 is 45.3. The predicted octanol–water partition coefficient (Wildman–Crippen LogP) is 2.68. The summed E-state index contributed by atoms with van der Waals surface area (Å²) in [6.07, 6.45) is 0.228. The number of rotatable bonds is 9. The zero-order chi connectivity index (χ0) is 15.1. The summed E-state index contributed by atoms with van der Waals surface area (Å²) in [7, 11) is 0. The summed E-state index contributed by atoms with van der Waals surface area (Å²) in [5.74, 6) is 0.612. The quantitative estimate of drug-likeness (QED) is 0.712. The molecule has 0 spiro atoms. The molecule has 1 aromatic rings. The standard InChI is InChI=1S/C14H19F3N2O2/c15-14(16,17)10-20-6-1-7-21-13-5-4-12(19-9-13)8-18-11-2-3-11/h4-5,9,11,18H,1-3,6-8,10H2. The Morgan fingerprint density at radius 3 is 2.67 bits per heavy atom. The number of nitrogens with one attached hydrogen (secondary N) is 1. The molecule has 1 saturated carbocycles. The summed E-state index contributed by atoms with van der Waals surface area (Å²) in [5, 5.41) is 3.36. The lowest BCUT2D eigenvalue weighted by molar-refractivity contribution is -0.174. The molecule has 0 radical (unpaired) electrons. The molecule has 118 valence electrons. The third-order valence-corrected chi connectivity index (χ3v) is 2.91. The summed E-state index contributed by atoms with van der Waals surface area (Å²) in [4.78, 5) is 4.26. The van der Waals surface area contributed by atoms with E-state index in [9.17, 15) is 13.2 Å². The molecule has 1 aliphatic rings. The lowest BCUT2D eigenvalue weighted by Gasteiger charge is -2.09. The highest BCUT2D eigenvalue weighted by Crippen LogP contribution is 2.19. The van der Waals surface area contributed by atoms with Crippen LogP contribution in [0.15, 0.2) is 18.3 Å². The van der Waals surface area contributed by atoms with Gasteiger partial charge < -0.3 is 14.8 Å². The van der Waals surface area contributed by atoms with Crippen LogP contribution in [0.25, 0.3) is 0 Å². The van der Waals surface area contributed by atoms with Crippen LogP contribution in [0.4, 0.5) is 13.2 Å². The van der Waals surface area contributed by atoms with Crippen LogP contribution in [-0.4, -0.2) is 37.0 Å². The normalized spacial score (nSPS) is 15.2. The first-order valence-corrected chi connectivity index (χ1v) is 6.98. The van der Waals surface area contributed by atoms with Crippen LogP contribution < -0.4 is 10.1 Å². The van der Waals surface area contributed by atoms with E-state index >= 15 is 0 Å². The van der Waals surface area contributed by atoms with E-state index in [0.29, 0.717) is 24.8 Å². The number of pyridine rings is 1. The van der Waals surface area contributed by atoms with Crippen LogP contribution in [0.3, 0.4) is 0 Å². The average molecular weight is 304 g/mol. The van der Waals surface area contributed by atoms with Crippen LogP contribution in [0.2, 0.25) is 0 Å². The molecule has 4 nitrogen and oxygen atoms in total. The molecule has 1 fully saturated rings. The van der Waals surface area contributed by atoms with Gasteiger partial charge >= 0.3 is 6.18 Å². The van der Waals surface area contributed by atoms with Crippen molar-refractivity contribution in [3.63, 3.8) is 0 Å². The number of hydrogen-bond donors (Lipinski definition) is 1. The maximum Gasteiger partial charge on any atom is 0.411 e. The summed E-state index contributed by atoms with van der Waals surface area (Å²) >= 11 is 0. The van der Waals surface area contributed by atoms with Crippen LogP contribution in [0.5, 0.6) is 5.75 Å². The zero-order valence-corrected chi connectivity index (χ0v) is 11.7. The first-order chi connectivity index (χ1) is 10.0. The molecule has 0 aromatic carbocycles. The van der Waals surface area contributed by atoms with Crippen LogP contribution in [0, 0.1) is 0 Å². The van der Waals surface area contributed by atoms with Gasteiger partial charge in [0.2, 0.25) is 0 Å². The fourth-order valence-electron chi connectivity index (χ4n) is 1.68. The minimum atomic E-state index is -4.27. The highest BCUT2D eigenvalue weighted by atomic mass is 19.4. The molecule has 1 aromatic heterocycles. The van der Waals surface area contributed by atoms with Gasteiger partial charge in [0.1, 0.15) is 12.4 Å². The number of alkyl halides is 3. The van der Waals surface area contributed by atoms with E-state index in [1.807, 2.05) is 12.1 Å². The Morgan fingerprint density at radius 1 is 1.24 bits per heavy atom. The van der Waals surface area contributed by atoms with E-state index in [2.05, 4.69) is 15.0 Å². The Balaban J connectivity index is 1.55. The monoisotopic (exact) mass is 304 g/mol. The maximum absolute atomic E-state index is 11.8. The smallest absolute Gasteiger partial charge is 0.411 e. The van der Waals surface area contributed by atoms with Crippen LogP contribution >= 0.6 is 0 Å². The van der Waals surface area contributed by atoms with Crippen LogP contribution in [-0.2, 0) is 11.3 Å². The molecular weight excluding hydrogens is 285 g/mol. The third-order valence-electron chi connectivity index (χ3n) is 2.91. The molecule has 0 atom stereocenters. The average Bonchev–Trinajstić information content (AvgIpc) is 3.25. The fraction of sp³-hybridized carbons (Fsp3) is 0.643. The predicted molar refractivity (Wildman–Crippen MR) is 71.1 cm³/mol. The second kappa shape index (κ2) is 7.61. The van der Waals surface area contributed by atoms with Crippen LogP contribution in [0.1, 0.15) is 25.0 Å². The second-order valence-electron chi connectivity index (χ2n) is 5.01. The number of halogens is 3. The summed E-state index contributed by atoms with van der Waals surface area (Å²) in [6.45, 7) is -0.136. The first kappa shape index (κ1) is 16.0. The molecule has 0 bridgehead atoms. The number of nitrogens with zero attached hydrogens (tertiary/aromatic N) is 1. The van der Waals surface area contributed by atoms with E-state index in [1.54, 1.807) is 6.20 Å². The molecule has 1 heterocycles. The van der Waals surface area contributed by atoms with Gasteiger partial charge in [0.15, 0.2) is 0 Å². The fourth-order valence-corrected chi connectivity index (χ4v) is 1.68. The minimum Gasteiger partial charge on any atom is -0.492 e. The largest absolute Gasteiger partial charge is 0.492 e. The van der Waals surface area contributed by atoms with Gasteiger partial charge in [-0.25, -0.2) is 0 Å². The van der Waals surface area contributed by atoms with E-state index in [1.165, 1.54) is 12.8 Å². The van der Waals surface area contributed by atoms with Gasteiger partial charge in [-0.15, -0.1) is 0 Å². The molecule has 0 amide bonds. The Kier molecular flexibility index (Phi) is 5.81. The highest BCUT2D eigenvalue weighted by Gasteiger charge is 2.27. The van der Waals surface area contributed by atoms with Crippen molar-refractivity contribution in [3.05, 3.63) is 24.0 Å². The second-order valence-corrected chi connectivity index (χ2v) is 5.01. The van der Waals surface area contributed by atoms with E-state index in [-0.39, 0.29) is 6.61 Å². The number of hydrogen-bond acceptors (Lipinski definition) is 4. The van der Waals surface area contributed by atoms with Crippen molar-refractivity contribution < 1.29 is 22.6 Å². The lowest BCUT2D eigenvalue weighted by Crippen LogP contribution is -2.18. The summed E-state index contributed by atoms with van der Waals surface area (Å²) in [5.41, 5.74) is 0.947. The van der Waals surface area contributed by atoms with Gasteiger partial charge in [0, 0.05) is 19.0 Å². The minimum absolute atomic E-state index is 0.0241. The molecule has 0 unspecified atom stereocenters. The van der Waals surface area contributed by atoms with Crippen molar-refractivity contribution in [2.45, 2.75) is 38.0 Å². The third kappa shape index (κ3) is 7.29. The Hall–Kier alpha value is -1.34. The van der Waals surface area contributed by atoms with Crippen molar-refractivity contribution >= 4 is 0 Å². The van der Waals surface area contributed by atoms with Crippen molar-refractivity contribution in [2.75, 3.05) is 19.8 Å². The molecule has 0 saturated heterocycles. The first-order valence-electron chi connectivity index (χ1n) is 6.98. The molecule has 21 heavy (non-hydrogen) atoms. The molecule has 1 aliphatic carbocycles. The van der Waals surface area contributed by atoms with Gasteiger partial charge in [-0.2, -0.15) is 13.2 Å². The molecule has 0 aliphatic heterocycles. The van der Waals surface area contributed by atoms with E-state index in [4.69, 9.17) is 4.74 Å². The molecule has 2 rings (SSSR count). The number of aromatic nitrogens is 1. The lowest BCUT2D eigenvalue weighted by atomic mass is 10.3. The summed E-state index contributed by atoms with van der Waals surface area (Å²) in [6, 6.07) is 4.33. The van der Waals surface area contributed by atoms with Gasteiger partial charge in [-0.1, -0.05) is 0 Å². The van der Waals surface area contributed by atoms with Gasteiger partial charge in [0.25, 0.3) is 0 Å². The van der Waals surface area contributed by atoms with Gasteiger partial charge in [-0.05, 0) is 25.0 Å². The molecule has 1 N–H and O–H groups in total. The maximum atomic E-state index is 11.8. The van der Waals surface area contributed by atoms with E-state index < -0.39 is 12.8 Å². The van der Waals surface area contributed by atoms with Crippen molar-refractivity contribution in [1.82, 2.24) is 10.3 Å². The molecule has 7 heteroatoms. The van der Waals surface area contributed by atoms with Gasteiger partial charge in [-0.3, -0.25) is 4.98 Å². The van der Waals surface area contributed by atoms with Gasteiger partial charge in [0.05, 0.1) is 25.1 Å². The topological polar surface area (TPSA) is 43.4 Å². The van der Waals surface area contributed by atoms with Crippen molar-refractivity contribution in [2.24, 2.45) is 0 Å². The van der Waals surface area contributed by atoms with Crippen molar-refractivity contribution in [1.29, 1.82) is 0 Å². The Morgan fingerprint density at radius 2 is 2.05 bits per heavy atom. The SMILES string of the molecule is FC(F)(F)COCCCOc1ccc(CNC2CC2)nc1. The highest BCUT2D eigenvalue weighted by molar-refractivity contribution is 5.19. The Bertz CT molecular complexity index is 419. The number of ether oxygens (including phenoxy) is 2. The molecular formula is C14H19F3N2O2. The van der Waals surface area contributed by atoms with E-state index in [0.717, 1.165) is 12.2 Å². The Labute approximate surface area is 121 Å². The van der Waals surface area contributed by atoms with Crippen molar-refractivity contribution in [3.8, 4) is 5.75 Å².